The van der Waals surface area contributed by atoms with Crippen LogP contribution in [-0.4, -0.2) is 55.7 Å². The standard InChI is InChI=1S/C19H26N4OS/c1-15(16-7-12-25-14-16)13-21-19(20-2)23-10-8-22(9-11-23)17-5-3-4-6-18(17)24/h3-7,12,14-15,24H,8-11,13H2,1-2H3,(H,20,21). The first-order chi connectivity index (χ1) is 12.2. The molecule has 2 heterocycles. The first-order valence-corrected chi connectivity index (χ1v) is 9.64. The molecule has 2 aromatic rings. The van der Waals surface area contributed by atoms with Crippen LogP contribution in [0.3, 0.4) is 0 Å². The molecule has 1 aromatic heterocycles. The fraction of sp³-hybridized carbons (Fsp3) is 0.421. The lowest BCUT2D eigenvalue weighted by molar-refractivity contribution is 0.369. The van der Waals surface area contributed by atoms with E-state index in [1.54, 1.807) is 17.4 Å². The van der Waals surface area contributed by atoms with Crippen molar-refractivity contribution in [3.63, 3.8) is 0 Å². The summed E-state index contributed by atoms with van der Waals surface area (Å²) in [5, 5.41) is 17.9. The molecular formula is C19H26N4OS. The van der Waals surface area contributed by atoms with Gasteiger partial charge in [-0.05, 0) is 40.4 Å². The Morgan fingerprint density at radius 2 is 2.00 bits per heavy atom. The molecule has 0 saturated carbocycles. The van der Waals surface area contributed by atoms with E-state index in [-0.39, 0.29) is 0 Å². The summed E-state index contributed by atoms with van der Waals surface area (Å²) in [6, 6.07) is 9.72. The van der Waals surface area contributed by atoms with Gasteiger partial charge in [-0.25, -0.2) is 0 Å². The number of phenolic OH excluding ortho intramolecular Hbond substituents is 1. The van der Waals surface area contributed by atoms with Gasteiger partial charge >= 0.3 is 0 Å². The van der Waals surface area contributed by atoms with E-state index >= 15 is 0 Å². The van der Waals surface area contributed by atoms with Crippen LogP contribution >= 0.6 is 11.3 Å². The number of rotatable bonds is 4. The van der Waals surface area contributed by atoms with Crippen molar-refractivity contribution in [2.75, 3.05) is 44.7 Å². The Balaban J connectivity index is 1.53. The highest BCUT2D eigenvalue weighted by Gasteiger charge is 2.21. The van der Waals surface area contributed by atoms with Gasteiger partial charge in [-0.1, -0.05) is 19.1 Å². The lowest BCUT2D eigenvalue weighted by atomic mass is 10.1. The van der Waals surface area contributed by atoms with E-state index < -0.39 is 0 Å². The lowest BCUT2D eigenvalue weighted by Crippen LogP contribution is -2.53. The number of nitrogens with zero attached hydrogens (tertiary/aromatic N) is 3. The SMILES string of the molecule is CN=C(NCC(C)c1ccsc1)N1CCN(c2ccccc2O)CC1. The third kappa shape index (κ3) is 4.25. The second-order valence-electron chi connectivity index (χ2n) is 6.35. The van der Waals surface area contributed by atoms with Crippen LogP contribution < -0.4 is 10.2 Å². The Labute approximate surface area is 153 Å². The lowest BCUT2D eigenvalue weighted by Gasteiger charge is -2.38. The quantitative estimate of drug-likeness (QED) is 0.652. The van der Waals surface area contributed by atoms with Crippen molar-refractivity contribution < 1.29 is 5.11 Å². The average molecular weight is 359 g/mol. The fourth-order valence-electron chi connectivity index (χ4n) is 3.14. The summed E-state index contributed by atoms with van der Waals surface area (Å²) in [7, 11) is 1.84. The van der Waals surface area contributed by atoms with E-state index in [0.717, 1.165) is 44.4 Å². The molecule has 0 spiro atoms. The van der Waals surface area contributed by atoms with Crippen LogP contribution in [0.25, 0.3) is 0 Å². The van der Waals surface area contributed by atoms with Crippen molar-refractivity contribution in [3.05, 3.63) is 46.7 Å². The largest absolute Gasteiger partial charge is 0.506 e. The van der Waals surface area contributed by atoms with Gasteiger partial charge in [0.1, 0.15) is 5.75 Å². The van der Waals surface area contributed by atoms with E-state index in [1.807, 2.05) is 25.2 Å². The number of nitrogens with one attached hydrogen (secondary N) is 1. The van der Waals surface area contributed by atoms with Crippen LogP contribution in [0.1, 0.15) is 18.4 Å². The molecule has 25 heavy (non-hydrogen) atoms. The molecule has 1 saturated heterocycles. The molecule has 1 fully saturated rings. The molecule has 2 N–H and O–H groups in total. The maximum atomic E-state index is 10.0. The topological polar surface area (TPSA) is 51.1 Å². The molecule has 1 aliphatic heterocycles. The molecular weight excluding hydrogens is 332 g/mol. The van der Waals surface area contributed by atoms with Gasteiger partial charge in [0.15, 0.2) is 5.96 Å². The molecule has 1 aromatic carbocycles. The molecule has 3 rings (SSSR count). The minimum atomic E-state index is 0.350. The Kier molecular flexibility index (Phi) is 5.81. The van der Waals surface area contributed by atoms with Gasteiger partial charge in [0.2, 0.25) is 0 Å². The summed E-state index contributed by atoms with van der Waals surface area (Å²) in [5.41, 5.74) is 2.29. The number of thiophene rings is 1. The van der Waals surface area contributed by atoms with Gasteiger partial charge in [0.25, 0.3) is 0 Å². The number of anilines is 1. The van der Waals surface area contributed by atoms with Gasteiger partial charge in [0, 0.05) is 39.8 Å². The minimum absolute atomic E-state index is 0.350. The van der Waals surface area contributed by atoms with Crippen LogP contribution in [0.4, 0.5) is 5.69 Å². The minimum Gasteiger partial charge on any atom is -0.506 e. The first kappa shape index (κ1) is 17.6. The zero-order chi connectivity index (χ0) is 17.6. The van der Waals surface area contributed by atoms with Gasteiger partial charge in [-0.3, -0.25) is 4.99 Å². The summed E-state index contributed by atoms with van der Waals surface area (Å²) in [6.45, 7) is 6.64. The van der Waals surface area contributed by atoms with E-state index in [0.29, 0.717) is 11.7 Å². The second kappa shape index (κ2) is 8.25. The number of para-hydroxylation sites is 2. The summed E-state index contributed by atoms with van der Waals surface area (Å²) in [4.78, 5) is 8.96. The van der Waals surface area contributed by atoms with E-state index in [4.69, 9.17) is 0 Å². The zero-order valence-corrected chi connectivity index (χ0v) is 15.7. The third-order valence-corrected chi connectivity index (χ3v) is 5.39. The average Bonchev–Trinajstić information content (AvgIpc) is 3.18. The van der Waals surface area contributed by atoms with Gasteiger partial charge < -0.3 is 20.2 Å². The summed E-state index contributed by atoms with van der Waals surface area (Å²) >= 11 is 1.74. The number of benzene rings is 1. The Morgan fingerprint density at radius 3 is 2.64 bits per heavy atom. The molecule has 0 aliphatic carbocycles. The number of phenols is 1. The summed E-state index contributed by atoms with van der Waals surface area (Å²) < 4.78 is 0. The molecule has 1 atom stereocenters. The molecule has 0 bridgehead atoms. The van der Waals surface area contributed by atoms with Gasteiger partial charge in [-0.15, -0.1) is 0 Å². The van der Waals surface area contributed by atoms with E-state index in [9.17, 15) is 5.11 Å². The molecule has 0 radical (unpaired) electrons. The van der Waals surface area contributed by atoms with Crippen molar-refractivity contribution in [1.82, 2.24) is 10.2 Å². The fourth-order valence-corrected chi connectivity index (χ4v) is 3.92. The molecule has 1 unspecified atom stereocenters. The van der Waals surface area contributed by atoms with Crippen LogP contribution in [0.15, 0.2) is 46.1 Å². The van der Waals surface area contributed by atoms with Gasteiger partial charge in [-0.2, -0.15) is 11.3 Å². The van der Waals surface area contributed by atoms with E-state index in [1.165, 1.54) is 5.56 Å². The molecule has 5 nitrogen and oxygen atoms in total. The summed E-state index contributed by atoms with van der Waals surface area (Å²) in [6.07, 6.45) is 0. The zero-order valence-electron chi connectivity index (χ0n) is 14.9. The highest BCUT2D eigenvalue weighted by molar-refractivity contribution is 7.07. The first-order valence-electron chi connectivity index (χ1n) is 8.69. The number of piperazine rings is 1. The van der Waals surface area contributed by atoms with Crippen molar-refractivity contribution in [3.8, 4) is 5.75 Å². The number of aromatic hydroxyl groups is 1. The number of aliphatic imine (C=N–C) groups is 1. The predicted octanol–water partition coefficient (Wildman–Crippen LogP) is 2.95. The normalized spacial score (nSPS) is 16.8. The predicted molar refractivity (Wildman–Crippen MR) is 106 cm³/mol. The highest BCUT2D eigenvalue weighted by Crippen LogP contribution is 2.27. The van der Waals surface area contributed by atoms with E-state index in [2.05, 4.69) is 43.9 Å². The Morgan fingerprint density at radius 1 is 1.24 bits per heavy atom. The van der Waals surface area contributed by atoms with Crippen LogP contribution in [0.5, 0.6) is 5.75 Å². The summed E-state index contributed by atoms with van der Waals surface area (Å²) in [5.74, 6) is 1.77. The third-order valence-electron chi connectivity index (χ3n) is 4.69. The van der Waals surface area contributed by atoms with Crippen LogP contribution in [-0.2, 0) is 0 Å². The van der Waals surface area contributed by atoms with Crippen molar-refractivity contribution in [2.24, 2.45) is 4.99 Å². The highest BCUT2D eigenvalue weighted by atomic mass is 32.1. The number of hydrogen-bond acceptors (Lipinski definition) is 4. The number of hydrogen-bond donors (Lipinski definition) is 2. The molecule has 6 heteroatoms. The Hall–Kier alpha value is -2.21. The smallest absolute Gasteiger partial charge is 0.193 e. The van der Waals surface area contributed by atoms with Crippen molar-refractivity contribution >= 4 is 23.0 Å². The second-order valence-corrected chi connectivity index (χ2v) is 7.13. The molecule has 134 valence electrons. The molecule has 0 amide bonds. The van der Waals surface area contributed by atoms with Gasteiger partial charge in [0.05, 0.1) is 5.69 Å². The Bertz CT molecular complexity index is 693. The van der Waals surface area contributed by atoms with Crippen molar-refractivity contribution in [2.45, 2.75) is 12.8 Å². The maximum Gasteiger partial charge on any atom is 0.193 e. The van der Waals surface area contributed by atoms with Crippen molar-refractivity contribution in [1.29, 1.82) is 0 Å². The van der Waals surface area contributed by atoms with Crippen LogP contribution in [0, 0.1) is 0 Å². The van der Waals surface area contributed by atoms with Crippen LogP contribution in [0.2, 0.25) is 0 Å². The number of guanidine groups is 1. The maximum absolute atomic E-state index is 10.0. The molecule has 1 aliphatic rings. The monoisotopic (exact) mass is 358 g/mol.